The van der Waals surface area contributed by atoms with Gasteiger partial charge in [-0.25, -0.2) is 9.97 Å². The number of likely N-dealkylation sites (N-methyl/N-ethyl adjacent to an activating group) is 1. The molecule has 6 heteroatoms. The minimum absolute atomic E-state index is 0.0631. The molecular formula is C18H25N5O. The Hall–Kier alpha value is -2.50. The van der Waals surface area contributed by atoms with Crippen molar-refractivity contribution in [1.82, 2.24) is 19.9 Å². The van der Waals surface area contributed by atoms with Crippen molar-refractivity contribution in [2.24, 2.45) is 0 Å². The summed E-state index contributed by atoms with van der Waals surface area (Å²) in [4.78, 5) is 28.8. The molecule has 0 aliphatic carbocycles. The Morgan fingerprint density at radius 1 is 1.08 bits per heavy atom. The second-order valence-electron chi connectivity index (χ2n) is 5.88. The van der Waals surface area contributed by atoms with E-state index in [-0.39, 0.29) is 5.91 Å². The smallest absolute Gasteiger partial charge is 0.256 e. The van der Waals surface area contributed by atoms with Crippen molar-refractivity contribution < 1.29 is 4.79 Å². The van der Waals surface area contributed by atoms with Gasteiger partial charge >= 0.3 is 0 Å². The van der Waals surface area contributed by atoms with Crippen molar-refractivity contribution in [3.63, 3.8) is 0 Å². The van der Waals surface area contributed by atoms with Gasteiger partial charge in [0.25, 0.3) is 5.91 Å². The molecule has 0 aliphatic heterocycles. The van der Waals surface area contributed by atoms with E-state index in [9.17, 15) is 4.79 Å². The van der Waals surface area contributed by atoms with Crippen LogP contribution in [0.1, 0.15) is 35.7 Å². The fraction of sp³-hybridized carbons (Fsp3) is 0.444. The van der Waals surface area contributed by atoms with E-state index in [0.29, 0.717) is 18.1 Å². The van der Waals surface area contributed by atoms with Crippen LogP contribution < -0.4 is 4.90 Å². The molecule has 0 saturated heterocycles. The van der Waals surface area contributed by atoms with E-state index < -0.39 is 0 Å². The van der Waals surface area contributed by atoms with Crippen molar-refractivity contribution in [1.29, 1.82) is 0 Å². The third-order valence-corrected chi connectivity index (χ3v) is 3.91. The lowest BCUT2D eigenvalue weighted by atomic mass is 10.2. The summed E-state index contributed by atoms with van der Waals surface area (Å²) < 4.78 is 0. The summed E-state index contributed by atoms with van der Waals surface area (Å²) in [5.74, 6) is 0.589. The Bertz CT molecular complexity index is 630. The number of hydrogen-bond donors (Lipinski definition) is 0. The third-order valence-electron chi connectivity index (χ3n) is 3.91. The highest BCUT2D eigenvalue weighted by atomic mass is 16.2. The molecule has 0 radical (unpaired) electrons. The number of carbonyl (C=O) groups is 1. The number of pyridine rings is 1. The van der Waals surface area contributed by atoms with E-state index in [0.717, 1.165) is 31.4 Å². The molecule has 2 aromatic heterocycles. The average Bonchev–Trinajstić information content (AvgIpc) is 2.64. The summed E-state index contributed by atoms with van der Waals surface area (Å²) >= 11 is 0. The van der Waals surface area contributed by atoms with Crippen molar-refractivity contribution in [2.45, 2.75) is 26.2 Å². The van der Waals surface area contributed by atoms with E-state index in [1.54, 1.807) is 36.7 Å². The van der Waals surface area contributed by atoms with Crippen LogP contribution in [0, 0.1) is 0 Å². The minimum atomic E-state index is -0.0631. The van der Waals surface area contributed by atoms with E-state index in [4.69, 9.17) is 0 Å². The van der Waals surface area contributed by atoms with Crippen LogP contribution in [0.25, 0.3) is 0 Å². The summed E-state index contributed by atoms with van der Waals surface area (Å²) in [5.41, 5.74) is 1.67. The highest BCUT2D eigenvalue weighted by molar-refractivity contribution is 5.93. The van der Waals surface area contributed by atoms with Crippen LogP contribution in [0.2, 0.25) is 0 Å². The molecule has 0 saturated carbocycles. The van der Waals surface area contributed by atoms with Crippen molar-refractivity contribution in [3.8, 4) is 0 Å². The van der Waals surface area contributed by atoms with Gasteiger partial charge in [0.2, 0.25) is 5.95 Å². The first-order valence-corrected chi connectivity index (χ1v) is 8.29. The SMILES string of the molecule is CCCCN(C)c1ncc(C(=O)N(C)CCc2ccncc2)cn1. The van der Waals surface area contributed by atoms with Gasteiger partial charge in [-0.1, -0.05) is 13.3 Å². The van der Waals surface area contributed by atoms with Crippen LogP contribution >= 0.6 is 0 Å². The zero-order valence-electron chi connectivity index (χ0n) is 14.6. The number of anilines is 1. The molecule has 24 heavy (non-hydrogen) atoms. The predicted molar refractivity (Wildman–Crippen MR) is 95.1 cm³/mol. The molecule has 2 rings (SSSR count). The number of hydrogen-bond acceptors (Lipinski definition) is 5. The molecule has 0 aliphatic rings. The first-order valence-electron chi connectivity index (χ1n) is 8.29. The molecule has 128 valence electrons. The molecule has 0 spiro atoms. The second kappa shape index (κ2) is 8.96. The Morgan fingerprint density at radius 2 is 1.75 bits per heavy atom. The highest BCUT2D eigenvalue weighted by Gasteiger charge is 2.13. The maximum atomic E-state index is 12.4. The quantitative estimate of drug-likeness (QED) is 0.745. The van der Waals surface area contributed by atoms with Crippen molar-refractivity contribution in [2.75, 3.05) is 32.1 Å². The lowest BCUT2D eigenvalue weighted by Crippen LogP contribution is -2.29. The topological polar surface area (TPSA) is 62.2 Å². The molecule has 2 heterocycles. The summed E-state index contributed by atoms with van der Waals surface area (Å²) in [7, 11) is 3.76. The summed E-state index contributed by atoms with van der Waals surface area (Å²) in [6.45, 7) is 3.70. The van der Waals surface area contributed by atoms with E-state index >= 15 is 0 Å². The number of aromatic nitrogens is 3. The Kier molecular flexibility index (Phi) is 6.66. The summed E-state index contributed by atoms with van der Waals surface area (Å²) in [6, 6.07) is 3.92. The molecule has 0 unspecified atom stereocenters. The second-order valence-corrected chi connectivity index (χ2v) is 5.88. The van der Waals surface area contributed by atoms with Gasteiger partial charge in [-0.15, -0.1) is 0 Å². The van der Waals surface area contributed by atoms with Gasteiger partial charge in [-0.3, -0.25) is 9.78 Å². The molecule has 1 amide bonds. The van der Waals surface area contributed by atoms with E-state index in [2.05, 4.69) is 21.9 Å². The molecule has 0 bridgehead atoms. The Balaban J connectivity index is 1.91. The number of unbranched alkanes of at least 4 members (excludes halogenated alkanes) is 1. The maximum absolute atomic E-state index is 12.4. The molecule has 0 aromatic carbocycles. The molecule has 0 fully saturated rings. The van der Waals surface area contributed by atoms with Crippen LogP contribution in [0.5, 0.6) is 0 Å². The molecule has 0 N–H and O–H groups in total. The van der Waals surface area contributed by atoms with Gasteiger partial charge in [-0.05, 0) is 30.5 Å². The molecule has 0 atom stereocenters. The van der Waals surface area contributed by atoms with Crippen LogP contribution in [-0.4, -0.2) is 52.9 Å². The standard InChI is InChI=1S/C18H25N5O/c1-4-5-11-23(3)18-20-13-16(14-21-18)17(24)22(2)12-8-15-6-9-19-10-7-15/h6-7,9-10,13-14H,4-5,8,11-12H2,1-3H3. The van der Waals surface area contributed by atoms with E-state index in [1.165, 1.54) is 0 Å². The highest BCUT2D eigenvalue weighted by Crippen LogP contribution is 2.08. The monoisotopic (exact) mass is 327 g/mol. The summed E-state index contributed by atoms with van der Waals surface area (Å²) in [5, 5.41) is 0. The minimum Gasteiger partial charge on any atom is -0.344 e. The average molecular weight is 327 g/mol. The number of nitrogens with zero attached hydrogens (tertiary/aromatic N) is 5. The first-order chi connectivity index (χ1) is 11.6. The lowest BCUT2D eigenvalue weighted by molar-refractivity contribution is 0.0796. The predicted octanol–water partition coefficient (Wildman–Crippen LogP) is 2.42. The van der Waals surface area contributed by atoms with Crippen LogP contribution in [0.3, 0.4) is 0 Å². The van der Waals surface area contributed by atoms with Crippen LogP contribution in [0.4, 0.5) is 5.95 Å². The van der Waals surface area contributed by atoms with Crippen molar-refractivity contribution >= 4 is 11.9 Å². The fourth-order valence-electron chi connectivity index (χ4n) is 2.29. The van der Waals surface area contributed by atoms with Gasteiger partial charge in [-0.2, -0.15) is 0 Å². The number of amides is 1. The fourth-order valence-corrected chi connectivity index (χ4v) is 2.29. The number of carbonyl (C=O) groups excluding carboxylic acids is 1. The Morgan fingerprint density at radius 3 is 2.38 bits per heavy atom. The lowest BCUT2D eigenvalue weighted by Gasteiger charge is -2.18. The van der Waals surface area contributed by atoms with Gasteiger partial charge in [0, 0.05) is 52.0 Å². The first kappa shape index (κ1) is 17.8. The van der Waals surface area contributed by atoms with Gasteiger partial charge in [0.05, 0.1) is 5.56 Å². The van der Waals surface area contributed by atoms with Gasteiger partial charge in [0.15, 0.2) is 0 Å². The zero-order chi connectivity index (χ0) is 17.4. The van der Waals surface area contributed by atoms with Gasteiger partial charge in [0.1, 0.15) is 0 Å². The van der Waals surface area contributed by atoms with Crippen LogP contribution in [-0.2, 0) is 6.42 Å². The maximum Gasteiger partial charge on any atom is 0.256 e. The molecular weight excluding hydrogens is 302 g/mol. The third kappa shape index (κ3) is 5.01. The van der Waals surface area contributed by atoms with E-state index in [1.807, 2.05) is 24.1 Å². The van der Waals surface area contributed by atoms with Gasteiger partial charge < -0.3 is 9.80 Å². The molecule has 6 nitrogen and oxygen atoms in total. The van der Waals surface area contributed by atoms with Crippen molar-refractivity contribution in [3.05, 3.63) is 48.0 Å². The van der Waals surface area contributed by atoms with Crippen LogP contribution in [0.15, 0.2) is 36.9 Å². The number of rotatable bonds is 8. The Labute approximate surface area is 143 Å². The molecule has 2 aromatic rings. The zero-order valence-corrected chi connectivity index (χ0v) is 14.6. The largest absolute Gasteiger partial charge is 0.344 e. The summed E-state index contributed by atoms with van der Waals surface area (Å²) in [6.07, 6.45) is 9.76. The normalized spacial score (nSPS) is 10.5.